The van der Waals surface area contributed by atoms with Gasteiger partial charge in [-0.2, -0.15) is 0 Å². The van der Waals surface area contributed by atoms with Crippen LogP contribution in [-0.2, 0) is 17.6 Å². The number of likely N-dealkylation sites (tertiary alicyclic amines) is 1. The van der Waals surface area contributed by atoms with Gasteiger partial charge in [-0.05, 0) is 67.3 Å². The molecule has 1 aromatic carbocycles. The molecule has 3 rings (SSSR count). The molecule has 5 nitrogen and oxygen atoms in total. The van der Waals surface area contributed by atoms with Crippen LogP contribution in [0.25, 0.3) is 0 Å². The molecular formula is C23H30N2O3. The highest BCUT2D eigenvalue weighted by Gasteiger charge is 2.23. The van der Waals surface area contributed by atoms with Crippen molar-refractivity contribution in [3.05, 3.63) is 53.9 Å². The molecule has 0 radical (unpaired) electrons. The second-order valence-corrected chi connectivity index (χ2v) is 7.43. The number of hydrogen-bond donors (Lipinski definition) is 0. The zero-order valence-corrected chi connectivity index (χ0v) is 16.9. The highest BCUT2D eigenvalue weighted by molar-refractivity contribution is 5.76. The molecule has 0 unspecified atom stereocenters. The van der Waals surface area contributed by atoms with Crippen LogP contribution in [0.4, 0.5) is 0 Å². The number of rotatable bonds is 8. The number of benzene rings is 1. The van der Waals surface area contributed by atoms with Crippen LogP contribution in [0.15, 0.2) is 42.7 Å². The number of piperidine rings is 1. The van der Waals surface area contributed by atoms with E-state index in [-0.39, 0.29) is 5.91 Å². The fraction of sp³-hybridized carbons (Fsp3) is 0.478. The Morgan fingerprint density at radius 2 is 1.89 bits per heavy atom. The number of pyridine rings is 1. The molecule has 150 valence electrons. The normalized spacial score (nSPS) is 14.7. The van der Waals surface area contributed by atoms with Crippen LogP contribution >= 0.6 is 0 Å². The topological polar surface area (TPSA) is 51.7 Å². The number of aromatic nitrogens is 1. The lowest BCUT2D eigenvalue weighted by Gasteiger charge is -2.32. The van der Waals surface area contributed by atoms with Crippen LogP contribution in [0.1, 0.15) is 36.8 Å². The maximum Gasteiger partial charge on any atom is 0.222 e. The predicted octanol–water partition coefficient (Wildman–Crippen LogP) is 3.90. The first kappa shape index (κ1) is 20.2. The molecule has 28 heavy (non-hydrogen) atoms. The van der Waals surface area contributed by atoms with E-state index in [4.69, 9.17) is 9.47 Å². The van der Waals surface area contributed by atoms with Crippen molar-refractivity contribution in [2.75, 3.05) is 27.3 Å². The van der Waals surface area contributed by atoms with Gasteiger partial charge in [-0.15, -0.1) is 0 Å². The van der Waals surface area contributed by atoms with Crippen molar-refractivity contribution in [3.63, 3.8) is 0 Å². The third-order valence-electron chi connectivity index (χ3n) is 5.52. The Labute approximate surface area is 167 Å². The van der Waals surface area contributed by atoms with Crippen LogP contribution in [0.3, 0.4) is 0 Å². The fourth-order valence-corrected chi connectivity index (χ4v) is 3.88. The second kappa shape index (κ2) is 10.1. The number of carbonyl (C=O) groups excluding carboxylic acids is 1. The van der Waals surface area contributed by atoms with Gasteiger partial charge in [0.05, 0.1) is 14.2 Å². The maximum atomic E-state index is 12.5. The summed E-state index contributed by atoms with van der Waals surface area (Å²) < 4.78 is 10.7. The molecule has 0 N–H and O–H groups in total. The summed E-state index contributed by atoms with van der Waals surface area (Å²) in [5, 5.41) is 0. The summed E-state index contributed by atoms with van der Waals surface area (Å²) in [5.74, 6) is 2.44. The zero-order valence-electron chi connectivity index (χ0n) is 16.9. The molecule has 1 saturated heterocycles. The van der Waals surface area contributed by atoms with Crippen molar-refractivity contribution in [3.8, 4) is 11.5 Å². The molecule has 0 aliphatic carbocycles. The number of hydrogen-bond acceptors (Lipinski definition) is 4. The Morgan fingerprint density at radius 1 is 1.11 bits per heavy atom. The standard InChI is InChI=1S/C23H30N2O3/c1-27-21-9-8-20(16-22(21)28-2)15-18-10-13-25(14-11-18)23(26)7-3-5-19-6-4-12-24-17-19/h4,6,8-9,12,16-18H,3,5,7,10-11,13-15H2,1-2H3. The van der Waals surface area contributed by atoms with Crippen molar-refractivity contribution >= 4 is 5.91 Å². The van der Waals surface area contributed by atoms with Gasteiger partial charge in [-0.1, -0.05) is 12.1 Å². The van der Waals surface area contributed by atoms with E-state index in [1.54, 1.807) is 20.4 Å². The van der Waals surface area contributed by atoms with E-state index >= 15 is 0 Å². The minimum absolute atomic E-state index is 0.286. The van der Waals surface area contributed by atoms with Crippen molar-refractivity contribution in [1.82, 2.24) is 9.88 Å². The number of nitrogens with zero attached hydrogens (tertiary/aromatic N) is 2. The molecule has 1 aromatic heterocycles. The molecule has 0 bridgehead atoms. The molecule has 1 amide bonds. The van der Waals surface area contributed by atoms with Crippen LogP contribution in [0.2, 0.25) is 0 Å². The first-order valence-corrected chi connectivity index (χ1v) is 10.1. The lowest BCUT2D eigenvalue weighted by Crippen LogP contribution is -2.38. The molecule has 2 aromatic rings. The molecule has 0 atom stereocenters. The van der Waals surface area contributed by atoms with Crippen LogP contribution < -0.4 is 9.47 Å². The third-order valence-corrected chi connectivity index (χ3v) is 5.52. The van der Waals surface area contributed by atoms with Gasteiger partial charge in [0, 0.05) is 31.9 Å². The largest absolute Gasteiger partial charge is 0.493 e. The molecule has 1 aliphatic rings. The van der Waals surface area contributed by atoms with E-state index in [1.807, 2.05) is 23.2 Å². The van der Waals surface area contributed by atoms with E-state index in [0.717, 1.165) is 56.7 Å². The average Bonchev–Trinajstić information content (AvgIpc) is 2.75. The number of amides is 1. The van der Waals surface area contributed by atoms with Gasteiger partial charge in [-0.3, -0.25) is 9.78 Å². The molecule has 1 aliphatic heterocycles. The fourth-order valence-electron chi connectivity index (χ4n) is 3.88. The number of aryl methyl sites for hydroxylation is 1. The minimum atomic E-state index is 0.286. The van der Waals surface area contributed by atoms with Crippen molar-refractivity contribution in [2.45, 2.75) is 38.5 Å². The van der Waals surface area contributed by atoms with E-state index in [9.17, 15) is 4.79 Å². The minimum Gasteiger partial charge on any atom is -0.493 e. The maximum absolute atomic E-state index is 12.5. The Balaban J connectivity index is 1.42. The van der Waals surface area contributed by atoms with Crippen molar-refractivity contribution < 1.29 is 14.3 Å². The van der Waals surface area contributed by atoms with Gasteiger partial charge < -0.3 is 14.4 Å². The van der Waals surface area contributed by atoms with Crippen LogP contribution in [0.5, 0.6) is 11.5 Å². The summed E-state index contributed by atoms with van der Waals surface area (Å²) in [4.78, 5) is 18.6. The SMILES string of the molecule is COc1ccc(CC2CCN(C(=O)CCCc3cccnc3)CC2)cc1OC. The van der Waals surface area contributed by atoms with E-state index < -0.39 is 0 Å². The number of methoxy groups -OCH3 is 2. The smallest absolute Gasteiger partial charge is 0.222 e. The van der Waals surface area contributed by atoms with E-state index in [1.165, 1.54) is 11.1 Å². The summed E-state index contributed by atoms with van der Waals surface area (Å²) in [6, 6.07) is 10.2. The van der Waals surface area contributed by atoms with E-state index in [2.05, 4.69) is 23.2 Å². The monoisotopic (exact) mass is 382 g/mol. The van der Waals surface area contributed by atoms with Gasteiger partial charge in [-0.25, -0.2) is 0 Å². The van der Waals surface area contributed by atoms with Gasteiger partial charge in [0.15, 0.2) is 11.5 Å². The summed E-state index contributed by atoms with van der Waals surface area (Å²) in [6.45, 7) is 1.73. The van der Waals surface area contributed by atoms with Crippen molar-refractivity contribution in [1.29, 1.82) is 0 Å². The van der Waals surface area contributed by atoms with Gasteiger partial charge in [0.25, 0.3) is 0 Å². The van der Waals surface area contributed by atoms with Gasteiger partial charge in [0.1, 0.15) is 0 Å². The average molecular weight is 383 g/mol. The molecule has 2 heterocycles. The molecule has 0 spiro atoms. The van der Waals surface area contributed by atoms with Crippen LogP contribution in [-0.4, -0.2) is 43.1 Å². The molecular weight excluding hydrogens is 352 g/mol. The Kier molecular flexibility index (Phi) is 7.29. The Morgan fingerprint density at radius 3 is 2.57 bits per heavy atom. The molecule has 0 saturated carbocycles. The summed E-state index contributed by atoms with van der Waals surface area (Å²) >= 11 is 0. The number of ether oxygens (including phenoxy) is 2. The molecule has 5 heteroatoms. The summed E-state index contributed by atoms with van der Waals surface area (Å²) in [6.07, 6.45) is 9.21. The first-order valence-electron chi connectivity index (χ1n) is 10.1. The zero-order chi connectivity index (χ0) is 19.8. The predicted molar refractivity (Wildman–Crippen MR) is 110 cm³/mol. The molecule has 1 fully saturated rings. The highest BCUT2D eigenvalue weighted by Crippen LogP contribution is 2.30. The van der Waals surface area contributed by atoms with Crippen molar-refractivity contribution in [2.24, 2.45) is 5.92 Å². The lowest BCUT2D eigenvalue weighted by atomic mass is 9.90. The van der Waals surface area contributed by atoms with E-state index in [0.29, 0.717) is 12.3 Å². The highest BCUT2D eigenvalue weighted by atomic mass is 16.5. The first-order chi connectivity index (χ1) is 13.7. The Hall–Kier alpha value is -2.56. The number of carbonyl (C=O) groups is 1. The van der Waals surface area contributed by atoms with Gasteiger partial charge in [0.2, 0.25) is 5.91 Å². The third kappa shape index (κ3) is 5.47. The lowest BCUT2D eigenvalue weighted by molar-refractivity contribution is -0.132. The Bertz CT molecular complexity index is 756. The van der Waals surface area contributed by atoms with Gasteiger partial charge >= 0.3 is 0 Å². The quantitative estimate of drug-likeness (QED) is 0.695. The van der Waals surface area contributed by atoms with Crippen LogP contribution in [0, 0.1) is 5.92 Å². The summed E-state index contributed by atoms with van der Waals surface area (Å²) in [7, 11) is 3.32. The summed E-state index contributed by atoms with van der Waals surface area (Å²) in [5.41, 5.74) is 2.46. The second-order valence-electron chi connectivity index (χ2n) is 7.43.